The van der Waals surface area contributed by atoms with Gasteiger partial charge in [-0.3, -0.25) is 9.59 Å². The Morgan fingerprint density at radius 3 is 2.75 bits per heavy atom. The first kappa shape index (κ1) is 23.4. The summed E-state index contributed by atoms with van der Waals surface area (Å²) in [6, 6.07) is 3.19. The summed E-state index contributed by atoms with van der Waals surface area (Å²) >= 11 is 5.71. The molecule has 8 heteroatoms. The molecule has 0 radical (unpaired) electrons. The molecule has 2 saturated heterocycles. The minimum Gasteiger partial charge on any atom is -0.349 e. The lowest BCUT2D eigenvalue weighted by molar-refractivity contribution is -0.139. The van der Waals surface area contributed by atoms with Gasteiger partial charge in [0.15, 0.2) is 0 Å². The fourth-order valence-corrected chi connectivity index (χ4v) is 6.77. The fraction of sp³-hybridized carbons (Fsp3) is 0.667. The van der Waals surface area contributed by atoms with E-state index < -0.39 is 22.7 Å². The number of hydrogen-bond acceptors (Lipinski definition) is 2. The Morgan fingerprint density at radius 1 is 1.25 bits per heavy atom. The maximum absolute atomic E-state index is 13.2. The number of benzene rings is 1. The number of alkyl halides is 3. The lowest BCUT2D eigenvalue weighted by Gasteiger charge is -2.53. The van der Waals surface area contributed by atoms with Crippen LogP contribution in [0.5, 0.6) is 0 Å². The normalized spacial score (nSPS) is 30.5. The predicted molar refractivity (Wildman–Crippen MR) is 116 cm³/mol. The molecule has 1 aromatic carbocycles. The van der Waals surface area contributed by atoms with Crippen molar-refractivity contribution in [3.8, 4) is 0 Å². The fourth-order valence-electron chi connectivity index (χ4n) is 6.54. The topological polar surface area (TPSA) is 49.4 Å². The Balaban J connectivity index is 1.58. The third-order valence-corrected chi connectivity index (χ3v) is 8.15. The molecule has 0 unspecified atom stereocenters. The number of carbonyl (C=O) groups excluding carboxylic acids is 2. The van der Waals surface area contributed by atoms with E-state index in [9.17, 15) is 22.8 Å². The van der Waals surface area contributed by atoms with Crippen LogP contribution in [-0.4, -0.2) is 34.8 Å². The molecule has 0 aromatic heterocycles. The molecule has 1 spiro atoms. The van der Waals surface area contributed by atoms with Crippen LogP contribution in [0.25, 0.3) is 0 Å². The van der Waals surface area contributed by atoms with Gasteiger partial charge in [0.05, 0.1) is 10.6 Å². The van der Waals surface area contributed by atoms with Crippen LogP contribution in [0.15, 0.2) is 18.2 Å². The molecule has 2 heterocycles. The van der Waals surface area contributed by atoms with Crippen LogP contribution in [0, 0.1) is 11.8 Å². The summed E-state index contributed by atoms with van der Waals surface area (Å²) in [5.41, 5.74) is -1.14. The maximum Gasteiger partial charge on any atom is 0.417 e. The largest absolute Gasteiger partial charge is 0.417 e. The molecule has 1 aromatic rings. The van der Waals surface area contributed by atoms with Crippen molar-refractivity contribution in [1.29, 1.82) is 0 Å². The molecule has 4 atom stereocenters. The Hall–Kier alpha value is -1.76. The van der Waals surface area contributed by atoms with Crippen LogP contribution in [0.4, 0.5) is 13.2 Å². The Kier molecular flexibility index (Phi) is 6.49. The third-order valence-electron chi connectivity index (χ3n) is 7.82. The standard InChI is InChI=1S/C24H30ClF3N2O2/c1-2-5-16-17-6-3-7-21(31)30-13-4-11-23(17,30)12-10-20(16)29-22(32)15-8-9-19(25)18(14-15)24(26,27)28/h8-9,14,16-17,20H,2-7,10-13H2,1H3,(H,29,32)/t16-,17+,20+,23-/m1/s1. The average molecular weight is 471 g/mol. The van der Waals surface area contributed by atoms with E-state index in [1.807, 2.05) is 0 Å². The zero-order valence-corrected chi connectivity index (χ0v) is 19.1. The van der Waals surface area contributed by atoms with Gasteiger partial charge < -0.3 is 10.2 Å². The highest BCUT2D eigenvalue weighted by Crippen LogP contribution is 2.52. The van der Waals surface area contributed by atoms with E-state index in [2.05, 4.69) is 17.1 Å². The highest BCUT2D eigenvalue weighted by atomic mass is 35.5. The summed E-state index contributed by atoms with van der Waals surface area (Å²) in [7, 11) is 0. The zero-order valence-electron chi connectivity index (χ0n) is 18.3. The van der Waals surface area contributed by atoms with Gasteiger partial charge in [0.2, 0.25) is 5.91 Å². The number of nitrogens with one attached hydrogen (secondary N) is 1. The minimum atomic E-state index is -4.62. The van der Waals surface area contributed by atoms with Gasteiger partial charge in [-0.2, -0.15) is 13.2 Å². The predicted octanol–water partition coefficient (Wildman–Crippen LogP) is 5.83. The quantitative estimate of drug-likeness (QED) is 0.602. The minimum absolute atomic E-state index is 0.0317. The lowest BCUT2D eigenvalue weighted by atomic mass is 9.61. The number of rotatable bonds is 4. The lowest BCUT2D eigenvalue weighted by Crippen LogP contribution is -2.60. The van der Waals surface area contributed by atoms with Crippen LogP contribution < -0.4 is 5.32 Å². The molecule has 32 heavy (non-hydrogen) atoms. The third kappa shape index (κ3) is 4.13. The average Bonchev–Trinajstić information content (AvgIpc) is 3.10. The number of nitrogens with zero attached hydrogens (tertiary/aromatic N) is 1. The second-order valence-electron chi connectivity index (χ2n) is 9.51. The molecule has 176 valence electrons. The Labute approximate surface area is 191 Å². The summed E-state index contributed by atoms with van der Waals surface area (Å²) in [5.74, 6) is 0.274. The molecule has 4 rings (SSSR count). The Bertz CT molecular complexity index is 890. The molecule has 1 aliphatic carbocycles. The first-order valence-corrected chi connectivity index (χ1v) is 12.0. The smallest absolute Gasteiger partial charge is 0.349 e. The van der Waals surface area contributed by atoms with Crippen molar-refractivity contribution in [2.45, 2.75) is 82.5 Å². The van der Waals surface area contributed by atoms with E-state index in [-0.39, 0.29) is 29.0 Å². The van der Waals surface area contributed by atoms with Gasteiger partial charge in [-0.15, -0.1) is 0 Å². The van der Waals surface area contributed by atoms with E-state index in [0.29, 0.717) is 12.3 Å². The van der Waals surface area contributed by atoms with E-state index in [0.717, 1.165) is 70.0 Å². The molecule has 1 saturated carbocycles. The van der Waals surface area contributed by atoms with Crippen LogP contribution in [0.3, 0.4) is 0 Å². The van der Waals surface area contributed by atoms with Crippen molar-refractivity contribution < 1.29 is 22.8 Å². The van der Waals surface area contributed by atoms with Gasteiger partial charge >= 0.3 is 6.18 Å². The summed E-state index contributed by atoms with van der Waals surface area (Å²) in [6.07, 6.45) is 3.25. The molecule has 2 aliphatic heterocycles. The van der Waals surface area contributed by atoms with Gasteiger partial charge in [0.1, 0.15) is 0 Å². The Morgan fingerprint density at radius 2 is 2.03 bits per heavy atom. The number of amides is 2. The molecule has 4 nitrogen and oxygen atoms in total. The van der Waals surface area contributed by atoms with E-state index in [1.165, 1.54) is 6.07 Å². The van der Waals surface area contributed by atoms with Gasteiger partial charge in [0.25, 0.3) is 5.91 Å². The zero-order chi connectivity index (χ0) is 23.1. The van der Waals surface area contributed by atoms with Crippen LogP contribution >= 0.6 is 11.6 Å². The van der Waals surface area contributed by atoms with Crippen molar-refractivity contribution in [1.82, 2.24) is 10.2 Å². The number of carbonyl (C=O) groups is 2. The van der Waals surface area contributed by atoms with Crippen LogP contribution in [0.1, 0.15) is 80.6 Å². The highest BCUT2D eigenvalue weighted by molar-refractivity contribution is 6.31. The first-order chi connectivity index (χ1) is 15.2. The number of halogens is 4. The molecule has 1 N–H and O–H groups in total. The maximum atomic E-state index is 13.2. The van der Waals surface area contributed by atoms with Crippen LogP contribution in [-0.2, 0) is 11.0 Å². The summed E-state index contributed by atoms with van der Waals surface area (Å²) < 4.78 is 39.7. The molecular formula is C24H30ClF3N2O2. The molecule has 0 bridgehead atoms. The molecule has 3 fully saturated rings. The number of hydrogen-bond donors (Lipinski definition) is 1. The molecule has 2 amide bonds. The van der Waals surface area contributed by atoms with Gasteiger partial charge in [0, 0.05) is 30.1 Å². The SMILES string of the molecule is CCC[C@H]1[C@@H](NC(=O)c2ccc(Cl)c(C(F)(F)F)c2)CC[C@@]23CCCN2C(=O)CCC[C@@H]13. The molecular weight excluding hydrogens is 441 g/mol. The second-order valence-corrected chi connectivity index (χ2v) is 9.92. The first-order valence-electron chi connectivity index (χ1n) is 11.7. The highest BCUT2D eigenvalue weighted by Gasteiger charge is 2.55. The van der Waals surface area contributed by atoms with Crippen molar-refractivity contribution in [3.05, 3.63) is 34.3 Å². The van der Waals surface area contributed by atoms with Gasteiger partial charge in [-0.25, -0.2) is 0 Å². The summed E-state index contributed by atoms with van der Waals surface area (Å²) in [4.78, 5) is 27.8. The second kappa shape index (κ2) is 8.88. The van der Waals surface area contributed by atoms with E-state index in [4.69, 9.17) is 11.6 Å². The van der Waals surface area contributed by atoms with Gasteiger partial charge in [-0.1, -0.05) is 24.9 Å². The summed E-state index contributed by atoms with van der Waals surface area (Å²) in [6.45, 7) is 2.93. The van der Waals surface area contributed by atoms with Gasteiger partial charge in [-0.05, 0) is 75.0 Å². The summed E-state index contributed by atoms with van der Waals surface area (Å²) in [5, 5.41) is 2.64. The van der Waals surface area contributed by atoms with Crippen molar-refractivity contribution in [3.63, 3.8) is 0 Å². The van der Waals surface area contributed by atoms with E-state index in [1.54, 1.807) is 0 Å². The monoisotopic (exact) mass is 470 g/mol. The molecule has 3 aliphatic rings. The van der Waals surface area contributed by atoms with E-state index >= 15 is 0 Å². The van der Waals surface area contributed by atoms with Crippen LogP contribution in [0.2, 0.25) is 5.02 Å². The van der Waals surface area contributed by atoms with Crippen molar-refractivity contribution in [2.75, 3.05) is 6.54 Å². The van der Waals surface area contributed by atoms with Crippen molar-refractivity contribution >= 4 is 23.4 Å². The van der Waals surface area contributed by atoms with Crippen molar-refractivity contribution in [2.24, 2.45) is 11.8 Å².